The van der Waals surface area contributed by atoms with Gasteiger partial charge in [0.15, 0.2) is 21.0 Å². The SMILES string of the molecule is CCS(=O)(=O)c1cccnc1S(=O)(=O)NC(=O)Nc1nc(OC)cc(OC)n1.COc1nc(C)nc(NC(=O)NS(=O)(=O)c2ccccc2CCC(F)(F)F)n1.C[C@H](OC(=O)c1cc(Oc2ccc(C(F)(F)F)cc2Cl)ccc1Cl)C(=O)O. The third-order valence-corrected chi connectivity index (χ3v) is 15.1. The number of halogens is 8. The van der Waals surface area contributed by atoms with Crippen LogP contribution in [0.25, 0.3) is 0 Å². The third-order valence-electron chi connectivity index (χ3n) is 9.83. The maximum absolute atomic E-state index is 12.7. The fourth-order valence-electron chi connectivity index (χ4n) is 5.98. The molecule has 3 heterocycles. The molecule has 448 valence electrons. The molecule has 6 aromatic rings. The number of sulfonamides is 2. The Labute approximate surface area is 477 Å². The number of nitrogens with zero attached hydrogens (tertiary/aromatic N) is 6. The zero-order chi connectivity index (χ0) is 62.3. The normalized spacial score (nSPS) is 11.9. The minimum absolute atomic E-state index is 0.0246. The van der Waals surface area contributed by atoms with Crippen LogP contribution in [0.1, 0.15) is 47.6 Å². The van der Waals surface area contributed by atoms with Crippen LogP contribution in [-0.4, -0.2) is 124 Å². The van der Waals surface area contributed by atoms with E-state index in [9.17, 15) is 70.8 Å². The van der Waals surface area contributed by atoms with Gasteiger partial charge in [-0.25, -0.2) is 50.4 Å². The van der Waals surface area contributed by atoms with Gasteiger partial charge in [0.05, 0.1) is 59.2 Å². The molecule has 1 atom stereocenters. The van der Waals surface area contributed by atoms with Crippen LogP contribution in [0.5, 0.6) is 29.3 Å². The monoisotopic (exact) mass is 1270 g/mol. The van der Waals surface area contributed by atoms with Crippen molar-refractivity contribution in [3.63, 3.8) is 0 Å². The molecule has 6 rings (SSSR count). The van der Waals surface area contributed by atoms with E-state index in [1.807, 2.05) is 0 Å². The van der Waals surface area contributed by atoms with Gasteiger partial charge in [0, 0.05) is 12.6 Å². The number of pyridine rings is 1. The maximum Gasteiger partial charge on any atom is 0.416 e. The summed E-state index contributed by atoms with van der Waals surface area (Å²) in [7, 11) is -8.99. The maximum atomic E-state index is 12.7. The number of amides is 4. The van der Waals surface area contributed by atoms with Crippen molar-refractivity contribution in [2.75, 3.05) is 37.7 Å². The molecule has 5 N–H and O–H groups in total. The lowest BCUT2D eigenvalue weighted by atomic mass is 10.1. The van der Waals surface area contributed by atoms with Crippen molar-refractivity contribution in [2.45, 2.75) is 66.9 Å². The number of methoxy groups -OCH3 is 3. The highest BCUT2D eigenvalue weighted by Gasteiger charge is 2.33. The van der Waals surface area contributed by atoms with E-state index >= 15 is 0 Å². The Morgan fingerprint density at radius 3 is 1.84 bits per heavy atom. The molecule has 0 spiro atoms. The highest BCUT2D eigenvalue weighted by molar-refractivity contribution is 7.93. The first kappa shape index (κ1) is 67.1. The number of aromatic nitrogens is 6. The summed E-state index contributed by atoms with van der Waals surface area (Å²) in [5, 5.41) is 11.9. The molecule has 83 heavy (non-hydrogen) atoms. The van der Waals surface area contributed by atoms with Gasteiger partial charge in [-0.05, 0) is 80.4 Å². The van der Waals surface area contributed by atoms with Gasteiger partial charge in [0.25, 0.3) is 20.0 Å². The van der Waals surface area contributed by atoms with E-state index in [0.717, 1.165) is 43.5 Å². The molecule has 3 aromatic heterocycles. The Hall–Kier alpha value is -8.41. The summed E-state index contributed by atoms with van der Waals surface area (Å²) >= 11 is 11.7. The zero-order valence-corrected chi connectivity index (χ0v) is 47.2. The van der Waals surface area contributed by atoms with Gasteiger partial charge in [-0.2, -0.15) is 59.7 Å². The van der Waals surface area contributed by atoms with Crippen LogP contribution < -0.4 is 39.0 Å². The lowest BCUT2D eigenvalue weighted by Gasteiger charge is -2.13. The Morgan fingerprint density at radius 2 is 1.29 bits per heavy atom. The van der Waals surface area contributed by atoms with Crippen LogP contribution in [0, 0.1) is 6.92 Å². The van der Waals surface area contributed by atoms with Crippen LogP contribution >= 0.6 is 23.2 Å². The number of carboxylic acids is 1. The van der Waals surface area contributed by atoms with E-state index in [-0.39, 0.29) is 73.9 Å². The van der Waals surface area contributed by atoms with Crippen LogP contribution in [0.15, 0.2) is 99.9 Å². The number of nitrogens with one attached hydrogen (secondary N) is 4. The molecule has 37 heteroatoms. The Kier molecular flexibility index (Phi) is 23.1. The first-order valence-electron chi connectivity index (χ1n) is 22.6. The van der Waals surface area contributed by atoms with Gasteiger partial charge >= 0.3 is 42.4 Å². The third kappa shape index (κ3) is 20.2. The van der Waals surface area contributed by atoms with Crippen LogP contribution in [0.2, 0.25) is 10.0 Å². The van der Waals surface area contributed by atoms with Gasteiger partial charge in [0.1, 0.15) is 22.2 Å². The van der Waals surface area contributed by atoms with E-state index in [1.165, 1.54) is 77.6 Å². The first-order valence-corrected chi connectivity index (χ1v) is 28.0. The molecule has 0 aliphatic carbocycles. The number of sulfone groups is 1. The van der Waals surface area contributed by atoms with Crippen molar-refractivity contribution < 1.29 is 99.6 Å². The average Bonchev–Trinajstić information content (AvgIpc) is 3.62. The summed E-state index contributed by atoms with van der Waals surface area (Å²) < 4.78 is 178. The lowest BCUT2D eigenvalue weighted by molar-refractivity contribution is -0.146. The zero-order valence-electron chi connectivity index (χ0n) is 43.3. The molecule has 3 aromatic carbocycles. The molecule has 0 aliphatic heterocycles. The number of hydrogen-bond donors (Lipinski definition) is 5. The molecule has 4 amide bonds. The largest absolute Gasteiger partial charge is 0.481 e. The topological polar surface area (TPSA) is 363 Å². The summed E-state index contributed by atoms with van der Waals surface area (Å²) in [5.74, 6) is -2.96. The van der Waals surface area contributed by atoms with Gasteiger partial charge < -0.3 is 28.8 Å². The summed E-state index contributed by atoms with van der Waals surface area (Å²) in [6.45, 7) is 4.02. The summed E-state index contributed by atoms with van der Waals surface area (Å²) in [6, 6.07) is 12.6. The van der Waals surface area contributed by atoms with Crippen molar-refractivity contribution in [1.29, 1.82) is 0 Å². The summed E-state index contributed by atoms with van der Waals surface area (Å²) in [6.07, 6.45) is -11.1. The van der Waals surface area contributed by atoms with Crippen LogP contribution in [-0.2, 0) is 52.0 Å². The van der Waals surface area contributed by atoms with Crippen molar-refractivity contribution in [1.82, 2.24) is 39.3 Å². The number of ether oxygens (including phenoxy) is 5. The number of urea groups is 2. The quantitative estimate of drug-likeness (QED) is 0.0404. The number of carbonyl (C=O) groups excluding carboxylic acids is 3. The molecular weight excluding hydrogens is 1230 g/mol. The molecule has 0 aliphatic rings. The van der Waals surface area contributed by atoms with Crippen molar-refractivity contribution in [3.05, 3.63) is 118 Å². The second kappa shape index (κ2) is 28.5. The van der Waals surface area contributed by atoms with Crippen molar-refractivity contribution >= 4 is 89.0 Å². The highest BCUT2D eigenvalue weighted by Crippen LogP contribution is 2.37. The van der Waals surface area contributed by atoms with E-state index < -0.39 is 106 Å². The number of carboxylic acid groups (broad SMARTS) is 1. The van der Waals surface area contributed by atoms with Crippen LogP contribution in [0.3, 0.4) is 0 Å². The fourth-order valence-corrected chi connectivity index (χ4v) is 10.1. The van der Waals surface area contributed by atoms with Gasteiger partial charge in [0.2, 0.25) is 23.7 Å². The molecule has 0 radical (unpaired) electrons. The van der Waals surface area contributed by atoms with Crippen LogP contribution in [0.4, 0.5) is 47.8 Å². The predicted molar refractivity (Wildman–Crippen MR) is 278 cm³/mol. The molecule has 0 unspecified atom stereocenters. The molecule has 0 bridgehead atoms. The lowest BCUT2D eigenvalue weighted by Crippen LogP contribution is -2.36. The highest BCUT2D eigenvalue weighted by atomic mass is 35.5. The Balaban J connectivity index is 0.000000267. The number of aryl methyl sites for hydroxylation is 2. The van der Waals surface area contributed by atoms with Crippen molar-refractivity contribution in [2.24, 2.45) is 0 Å². The minimum Gasteiger partial charge on any atom is -0.481 e. The standard InChI is InChI=1S/C17H11Cl2F3O5.C15H16F3N5O4S.C14H17N5O7S2/c1-8(15(23)24)26-16(25)11-7-10(3-4-12(11)18)27-14-5-2-9(6-13(14)19)17(20,21)22;1-9-19-12(22-14(20-9)27-2)21-13(24)23-28(25,26)11-6-4-3-5-10(11)7-8-15(16,17)18;1-4-27(21,22)9-6-5-7-15-12(9)28(23,24)19-14(20)18-13-16-10(25-2)8-11(17-13)26-3/h2-8H,1H3,(H,23,24);3-6H,7-8H2,1-2H3,(H2,19,20,21,22,23,24);5-8H,4H2,1-3H3,(H2,16,17,18,19,20)/t8-;;/m0../s1. The molecule has 26 nitrogen and oxygen atoms in total. The summed E-state index contributed by atoms with van der Waals surface area (Å²) in [5.41, 5.74) is -1.19. The number of benzene rings is 3. The predicted octanol–water partition coefficient (Wildman–Crippen LogP) is 7.82. The number of alkyl halides is 6. The van der Waals surface area contributed by atoms with Crippen molar-refractivity contribution in [3.8, 4) is 29.3 Å². The number of carbonyl (C=O) groups is 4. The number of aliphatic carboxylic acids is 1. The van der Waals surface area contributed by atoms with E-state index in [1.54, 1.807) is 9.44 Å². The Morgan fingerprint density at radius 1 is 0.699 bits per heavy atom. The summed E-state index contributed by atoms with van der Waals surface area (Å²) in [4.78, 5) is 68.5. The number of hydrogen-bond acceptors (Lipinski definition) is 21. The number of rotatable bonds is 18. The second-order valence-electron chi connectivity index (χ2n) is 15.8. The van der Waals surface area contributed by atoms with Gasteiger partial charge in [-0.3, -0.25) is 10.6 Å². The number of anilines is 2. The Bertz CT molecular complexity index is 3680. The molecule has 0 fully saturated rings. The fraction of sp³-hybridized carbons (Fsp3) is 0.261. The second-order valence-corrected chi connectivity index (χ2v) is 22.1. The van der Waals surface area contributed by atoms with Gasteiger partial charge in [-0.15, -0.1) is 0 Å². The molecule has 0 saturated carbocycles. The first-order chi connectivity index (χ1) is 38.6. The molecular formula is C46H44Cl2F6N10O16S3. The smallest absolute Gasteiger partial charge is 0.416 e. The minimum atomic E-state index is -4.61. The molecule has 0 saturated heterocycles. The average molecular weight is 1270 g/mol. The van der Waals surface area contributed by atoms with E-state index in [2.05, 4.69) is 40.5 Å². The van der Waals surface area contributed by atoms with E-state index in [4.69, 9.17) is 52.0 Å². The van der Waals surface area contributed by atoms with Gasteiger partial charge in [-0.1, -0.05) is 48.3 Å². The van der Waals surface area contributed by atoms with E-state index in [0.29, 0.717) is 6.07 Å². The number of esters is 1.